The van der Waals surface area contributed by atoms with E-state index in [2.05, 4.69) is 79.7 Å². The lowest BCUT2D eigenvalue weighted by atomic mass is 9.49. The van der Waals surface area contributed by atoms with E-state index >= 15 is 0 Å². The Morgan fingerprint density at radius 1 is 0.743 bits per heavy atom. The van der Waals surface area contributed by atoms with Crippen molar-refractivity contribution in [2.45, 2.75) is 50.6 Å². The third-order valence-corrected chi connectivity index (χ3v) is 9.59. The highest BCUT2D eigenvalue weighted by Crippen LogP contribution is 2.60. The molecule has 182 valence electrons. The summed E-state index contributed by atoms with van der Waals surface area (Å²) in [7, 11) is 0. The fourth-order valence-electron chi connectivity index (χ4n) is 8.01. The molecule has 1 aliphatic heterocycles. The molecule has 4 aliphatic carbocycles. The highest BCUT2D eigenvalue weighted by Gasteiger charge is 2.54. The van der Waals surface area contributed by atoms with Crippen molar-refractivity contribution in [3.8, 4) is 5.69 Å². The number of nitrogens with zero attached hydrogens (tertiary/aromatic N) is 5. The molecule has 6 heteroatoms. The van der Waals surface area contributed by atoms with Crippen LogP contribution in [0.25, 0.3) is 5.69 Å². The van der Waals surface area contributed by atoms with Gasteiger partial charge < -0.3 is 4.90 Å². The van der Waals surface area contributed by atoms with Crippen molar-refractivity contribution in [3.63, 3.8) is 0 Å². The van der Waals surface area contributed by atoms with Gasteiger partial charge in [0.25, 0.3) is 0 Å². The van der Waals surface area contributed by atoms with Crippen LogP contribution in [0.4, 0.5) is 5.69 Å². The molecule has 8 rings (SSSR count). The topological polar surface area (TPSA) is 29.2 Å². The molecular weight excluding hydrogens is 450 g/mol. The first-order valence-corrected chi connectivity index (χ1v) is 13.9. The van der Waals surface area contributed by atoms with Crippen LogP contribution in [-0.2, 0) is 12.1 Å². The number of anilines is 1. The molecule has 5 nitrogen and oxygen atoms in total. The molecule has 4 bridgehead atoms. The molecule has 2 aromatic carbocycles. The minimum absolute atomic E-state index is 0.204. The van der Waals surface area contributed by atoms with Gasteiger partial charge in [0.15, 0.2) is 0 Å². The quantitative estimate of drug-likeness (QED) is 0.437. The zero-order chi connectivity index (χ0) is 23.4. The number of piperazine rings is 1. The van der Waals surface area contributed by atoms with Crippen LogP contribution < -0.4 is 4.90 Å². The van der Waals surface area contributed by atoms with Gasteiger partial charge in [-0.2, -0.15) is 5.10 Å². The Morgan fingerprint density at radius 2 is 1.29 bits per heavy atom. The van der Waals surface area contributed by atoms with Gasteiger partial charge in [0.05, 0.1) is 6.67 Å². The van der Waals surface area contributed by atoms with E-state index in [0.29, 0.717) is 0 Å². The number of benzene rings is 2. The van der Waals surface area contributed by atoms with Gasteiger partial charge in [-0.25, -0.2) is 4.68 Å². The van der Waals surface area contributed by atoms with Gasteiger partial charge in [0, 0.05) is 43.0 Å². The van der Waals surface area contributed by atoms with Crippen molar-refractivity contribution >= 4 is 17.9 Å². The Balaban J connectivity index is 1.19. The third kappa shape index (κ3) is 3.86. The molecule has 0 radical (unpaired) electrons. The van der Waals surface area contributed by atoms with E-state index in [4.69, 9.17) is 17.3 Å². The largest absolute Gasteiger partial charge is 0.369 e. The summed E-state index contributed by atoms with van der Waals surface area (Å²) in [5, 5.41) is 5.37. The van der Waals surface area contributed by atoms with Gasteiger partial charge in [0.2, 0.25) is 4.77 Å². The summed E-state index contributed by atoms with van der Waals surface area (Å²) in [5.41, 5.74) is 2.69. The van der Waals surface area contributed by atoms with Gasteiger partial charge in [-0.3, -0.25) is 9.47 Å². The van der Waals surface area contributed by atoms with Crippen molar-refractivity contribution in [1.82, 2.24) is 19.2 Å². The Kier molecular flexibility index (Phi) is 5.36. The van der Waals surface area contributed by atoms with Gasteiger partial charge in [-0.15, -0.1) is 0 Å². The summed E-state index contributed by atoms with van der Waals surface area (Å²) < 4.78 is 5.32. The molecule has 0 amide bonds. The van der Waals surface area contributed by atoms with Crippen LogP contribution >= 0.6 is 12.2 Å². The summed E-state index contributed by atoms with van der Waals surface area (Å²) >= 11 is 6.14. The summed E-state index contributed by atoms with van der Waals surface area (Å²) in [6.07, 6.45) is 8.22. The molecule has 0 N–H and O–H groups in total. The number of rotatable bonds is 5. The van der Waals surface area contributed by atoms with Crippen LogP contribution in [0.1, 0.15) is 44.3 Å². The first kappa shape index (κ1) is 21.8. The number of aromatic nitrogens is 3. The minimum Gasteiger partial charge on any atom is -0.369 e. The molecule has 5 fully saturated rings. The summed E-state index contributed by atoms with van der Waals surface area (Å²) in [6.45, 7) is 4.92. The molecule has 1 saturated heterocycles. The van der Waals surface area contributed by atoms with Crippen molar-refractivity contribution in [1.29, 1.82) is 0 Å². The maximum Gasteiger partial charge on any atom is 0.203 e. The summed E-state index contributed by atoms with van der Waals surface area (Å²) in [6, 6.07) is 21.5. The first-order chi connectivity index (χ1) is 17.2. The minimum atomic E-state index is 0.204. The molecule has 0 atom stereocenters. The fourth-order valence-corrected chi connectivity index (χ4v) is 8.30. The Labute approximate surface area is 213 Å². The Hall–Kier alpha value is -2.44. The lowest BCUT2D eigenvalue weighted by molar-refractivity contribution is -0.0105. The fraction of sp³-hybridized carbons (Fsp3) is 0.517. The molecule has 3 aromatic rings. The van der Waals surface area contributed by atoms with E-state index < -0.39 is 0 Å². The second kappa shape index (κ2) is 8.59. The Morgan fingerprint density at radius 3 is 1.86 bits per heavy atom. The zero-order valence-electron chi connectivity index (χ0n) is 20.4. The predicted octanol–water partition coefficient (Wildman–Crippen LogP) is 5.65. The van der Waals surface area contributed by atoms with Gasteiger partial charge >= 0.3 is 0 Å². The second-order valence-electron chi connectivity index (χ2n) is 11.6. The van der Waals surface area contributed by atoms with Crippen molar-refractivity contribution in [2.75, 3.05) is 31.1 Å². The molecule has 0 unspecified atom stereocenters. The SMILES string of the molecule is S=c1n(CN2CCN(c3ccccc3)CC2)nc(C23CC4CC(CC(C4)C2)C3)n1-c1ccccc1. The zero-order valence-corrected chi connectivity index (χ0v) is 21.2. The van der Waals surface area contributed by atoms with E-state index in [1.165, 1.54) is 55.7 Å². The van der Waals surface area contributed by atoms with Gasteiger partial charge in [-0.05, 0) is 92.8 Å². The molecule has 2 heterocycles. The van der Waals surface area contributed by atoms with Crippen molar-refractivity contribution in [2.24, 2.45) is 17.8 Å². The second-order valence-corrected chi connectivity index (χ2v) is 11.9. The van der Waals surface area contributed by atoms with Crippen LogP contribution in [0, 0.1) is 22.5 Å². The predicted molar refractivity (Wildman–Crippen MR) is 142 cm³/mol. The highest BCUT2D eigenvalue weighted by atomic mass is 32.1. The van der Waals surface area contributed by atoms with Crippen LogP contribution in [-0.4, -0.2) is 45.4 Å². The number of hydrogen-bond donors (Lipinski definition) is 0. The van der Waals surface area contributed by atoms with Crippen molar-refractivity contribution in [3.05, 3.63) is 71.3 Å². The van der Waals surface area contributed by atoms with E-state index in [1.807, 2.05) is 0 Å². The van der Waals surface area contributed by atoms with E-state index in [-0.39, 0.29) is 5.41 Å². The van der Waals surface area contributed by atoms with Crippen LogP contribution in [0.5, 0.6) is 0 Å². The van der Waals surface area contributed by atoms with E-state index in [9.17, 15) is 0 Å². The molecule has 4 saturated carbocycles. The lowest BCUT2D eigenvalue weighted by Gasteiger charge is -2.56. The van der Waals surface area contributed by atoms with E-state index in [0.717, 1.165) is 55.4 Å². The maximum absolute atomic E-state index is 6.14. The molecule has 35 heavy (non-hydrogen) atoms. The van der Waals surface area contributed by atoms with Crippen LogP contribution in [0.15, 0.2) is 60.7 Å². The molecule has 5 aliphatic rings. The van der Waals surface area contributed by atoms with Crippen molar-refractivity contribution < 1.29 is 0 Å². The number of para-hydroxylation sites is 2. The molecular formula is C29H35N5S. The van der Waals surface area contributed by atoms with E-state index in [1.54, 1.807) is 0 Å². The smallest absolute Gasteiger partial charge is 0.203 e. The molecule has 1 aromatic heterocycles. The standard InChI is InChI=1S/C29H35N5S/c35-28-33(21-31-11-13-32(14-12-31)25-7-3-1-4-8-25)30-27(34(28)26-9-5-2-6-10-26)29-18-22-15-23(19-29)17-24(16-22)20-29/h1-10,22-24H,11-21H2. The monoisotopic (exact) mass is 485 g/mol. The summed E-state index contributed by atoms with van der Waals surface area (Å²) in [4.78, 5) is 5.00. The highest BCUT2D eigenvalue weighted by molar-refractivity contribution is 7.71. The maximum atomic E-state index is 6.14. The average Bonchev–Trinajstić information content (AvgIpc) is 3.21. The normalized spacial score (nSPS) is 30.2. The van der Waals surface area contributed by atoms with Gasteiger partial charge in [0.1, 0.15) is 5.82 Å². The van der Waals surface area contributed by atoms with Crippen LogP contribution in [0.2, 0.25) is 0 Å². The van der Waals surface area contributed by atoms with Gasteiger partial charge in [-0.1, -0.05) is 36.4 Å². The molecule has 0 spiro atoms. The first-order valence-electron chi connectivity index (χ1n) is 13.4. The average molecular weight is 486 g/mol. The summed E-state index contributed by atoms with van der Waals surface area (Å²) in [5.74, 6) is 3.90. The third-order valence-electron chi connectivity index (χ3n) is 9.19. The van der Waals surface area contributed by atoms with Crippen LogP contribution in [0.3, 0.4) is 0 Å². The Bertz CT molecular complexity index is 1200. The number of hydrogen-bond acceptors (Lipinski definition) is 4. The lowest BCUT2D eigenvalue weighted by Crippen LogP contribution is -2.49.